The fourth-order valence-electron chi connectivity index (χ4n) is 1.38. The standard InChI is InChI=1S/C8H7N3O4S/c1-4(7(12)13)5-6(11(14)15)10-2-3-16-8(10)9-5/h2-4H,1H3,(H,12,13). The van der Waals surface area contributed by atoms with Gasteiger partial charge < -0.3 is 15.2 Å². The van der Waals surface area contributed by atoms with E-state index in [1.807, 2.05) is 0 Å². The van der Waals surface area contributed by atoms with Crippen molar-refractivity contribution < 1.29 is 14.8 Å². The zero-order chi connectivity index (χ0) is 11.9. The van der Waals surface area contributed by atoms with Gasteiger partial charge in [0.2, 0.25) is 0 Å². The van der Waals surface area contributed by atoms with Crippen molar-refractivity contribution in [2.24, 2.45) is 0 Å². The maximum absolute atomic E-state index is 10.9. The lowest BCUT2D eigenvalue weighted by Gasteiger charge is -2.01. The molecular weight excluding hydrogens is 234 g/mol. The number of imidazole rings is 1. The molecule has 0 aromatic carbocycles. The van der Waals surface area contributed by atoms with Gasteiger partial charge in [0.25, 0.3) is 4.96 Å². The first-order valence-electron chi connectivity index (χ1n) is 4.35. The number of thiazole rings is 1. The second-order valence-electron chi connectivity index (χ2n) is 3.19. The fourth-order valence-corrected chi connectivity index (χ4v) is 2.10. The number of nitro groups is 1. The molecule has 0 saturated carbocycles. The first-order valence-corrected chi connectivity index (χ1v) is 5.23. The first kappa shape index (κ1) is 10.6. The molecule has 2 aromatic heterocycles. The molecule has 2 heterocycles. The zero-order valence-electron chi connectivity index (χ0n) is 8.15. The molecule has 0 amide bonds. The van der Waals surface area contributed by atoms with Crippen LogP contribution in [0.4, 0.5) is 5.82 Å². The topological polar surface area (TPSA) is 97.7 Å². The Balaban J connectivity index is 2.68. The van der Waals surface area contributed by atoms with E-state index in [1.165, 1.54) is 28.9 Å². The Morgan fingerprint density at radius 1 is 1.75 bits per heavy atom. The second kappa shape index (κ2) is 3.56. The lowest BCUT2D eigenvalue weighted by atomic mass is 10.1. The van der Waals surface area contributed by atoms with Crippen LogP contribution in [0.25, 0.3) is 4.96 Å². The Labute approximate surface area is 93.1 Å². The maximum Gasteiger partial charge on any atom is 0.352 e. The van der Waals surface area contributed by atoms with Gasteiger partial charge >= 0.3 is 11.8 Å². The van der Waals surface area contributed by atoms with Crippen LogP contribution in [0.1, 0.15) is 18.5 Å². The second-order valence-corrected chi connectivity index (χ2v) is 4.07. The Morgan fingerprint density at radius 2 is 2.44 bits per heavy atom. The summed E-state index contributed by atoms with van der Waals surface area (Å²) in [6, 6.07) is 0. The van der Waals surface area contributed by atoms with Crippen molar-refractivity contribution >= 4 is 28.1 Å². The summed E-state index contributed by atoms with van der Waals surface area (Å²) in [6.45, 7) is 1.38. The van der Waals surface area contributed by atoms with Crippen molar-refractivity contribution in [2.45, 2.75) is 12.8 Å². The molecule has 0 spiro atoms. The summed E-state index contributed by atoms with van der Waals surface area (Å²) in [5.74, 6) is -2.40. The molecule has 0 fully saturated rings. The molecule has 16 heavy (non-hydrogen) atoms. The predicted octanol–water partition coefficient (Wildman–Crippen LogP) is 1.49. The molecule has 84 valence electrons. The van der Waals surface area contributed by atoms with E-state index in [-0.39, 0.29) is 11.5 Å². The van der Waals surface area contributed by atoms with Gasteiger partial charge in [0, 0.05) is 5.38 Å². The number of carboxylic acid groups (broad SMARTS) is 1. The lowest BCUT2D eigenvalue weighted by Crippen LogP contribution is -2.10. The van der Waals surface area contributed by atoms with Gasteiger partial charge in [0.05, 0.1) is 0 Å². The van der Waals surface area contributed by atoms with Crippen LogP contribution >= 0.6 is 11.3 Å². The Kier molecular flexibility index (Phi) is 2.35. The third-order valence-electron chi connectivity index (χ3n) is 2.22. The zero-order valence-corrected chi connectivity index (χ0v) is 8.97. The van der Waals surface area contributed by atoms with Crippen LogP contribution in [0, 0.1) is 10.1 Å². The van der Waals surface area contributed by atoms with Crippen LogP contribution in [-0.4, -0.2) is 25.4 Å². The fraction of sp³-hybridized carbons (Fsp3) is 0.250. The largest absolute Gasteiger partial charge is 0.481 e. The predicted molar refractivity (Wildman–Crippen MR) is 55.8 cm³/mol. The van der Waals surface area contributed by atoms with Crippen molar-refractivity contribution in [1.82, 2.24) is 9.38 Å². The Hall–Kier alpha value is -1.96. The number of fused-ring (bicyclic) bond motifs is 1. The monoisotopic (exact) mass is 241 g/mol. The molecule has 1 atom stereocenters. The molecule has 1 unspecified atom stereocenters. The summed E-state index contributed by atoms with van der Waals surface area (Å²) in [5, 5.41) is 21.4. The summed E-state index contributed by atoms with van der Waals surface area (Å²) in [7, 11) is 0. The SMILES string of the molecule is CC(C(=O)O)c1nc2sccn2c1[N+](=O)[O-]. The smallest absolute Gasteiger partial charge is 0.352 e. The van der Waals surface area contributed by atoms with E-state index in [0.717, 1.165) is 0 Å². The van der Waals surface area contributed by atoms with E-state index in [2.05, 4.69) is 4.98 Å². The first-order chi connectivity index (χ1) is 7.52. The molecule has 1 N–H and O–H groups in total. The van der Waals surface area contributed by atoms with Gasteiger partial charge in [-0.05, 0) is 11.8 Å². The highest BCUT2D eigenvalue weighted by Gasteiger charge is 2.30. The minimum absolute atomic E-state index is 0.00986. The minimum atomic E-state index is -1.13. The van der Waals surface area contributed by atoms with Crippen LogP contribution in [0.5, 0.6) is 0 Å². The number of aliphatic carboxylic acids is 1. The lowest BCUT2D eigenvalue weighted by molar-refractivity contribution is -0.391. The molecule has 0 aliphatic rings. The number of nitrogens with zero attached hydrogens (tertiary/aromatic N) is 3. The molecule has 2 rings (SSSR count). The van der Waals surface area contributed by atoms with Crippen molar-refractivity contribution in [3.8, 4) is 0 Å². The molecule has 0 saturated heterocycles. The van der Waals surface area contributed by atoms with Crippen molar-refractivity contribution in [3.63, 3.8) is 0 Å². The third kappa shape index (κ3) is 1.43. The summed E-state index contributed by atoms with van der Waals surface area (Å²) < 4.78 is 1.29. The summed E-state index contributed by atoms with van der Waals surface area (Å²) >= 11 is 1.22. The third-order valence-corrected chi connectivity index (χ3v) is 2.97. The quantitative estimate of drug-likeness (QED) is 0.648. The van der Waals surface area contributed by atoms with Gasteiger partial charge in [0.1, 0.15) is 12.1 Å². The van der Waals surface area contributed by atoms with Gasteiger partial charge in [-0.3, -0.25) is 4.79 Å². The van der Waals surface area contributed by atoms with Crippen molar-refractivity contribution in [1.29, 1.82) is 0 Å². The maximum atomic E-state index is 10.9. The molecule has 0 aliphatic carbocycles. The normalized spacial score (nSPS) is 12.8. The van der Waals surface area contributed by atoms with E-state index in [1.54, 1.807) is 5.38 Å². The molecule has 7 nitrogen and oxygen atoms in total. The minimum Gasteiger partial charge on any atom is -0.481 e. The highest BCUT2D eigenvalue weighted by atomic mass is 32.1. The van der Waals surface area contributed by atoms with E-state index >= 15 is 0 Å². The van der Waals surface area contributed by atoms with Crippen molar-refractivity contribution in [2.75, 3.05) is 0 Å². The number of aromatic nitrogens is 2. The molecule has 2 aromatic rings. The summed E-state index contributed by atoms with van der Waals surface area (Å²) in [5.41, 5.74) is -0.00986. The van der Waals surface area contributed by atoms with Crippen LogP contribution in [-0.2, 0) is 4.79 Å². The Bertz CT molecular complexity index is 573. The van der Waals surface area contributed by atoms with E-state index in [4.69, 9.17) is 5.11 Å². The highest BCUT2D eigenvalue weighted by Crippen LogP contribution is 2.29. The number of carbonyl (C=O) groups is 1. The van der Waals surface area contributed by atoms with Crippen LogP contribution < -0.4 is 0 Å². The van der Waals surface area contributed by atoms with Gasteiger partial charge in [-0.2, -0.15) is 9.38 Å². The van der Waals surface area contributed by atoms with E-state index in [0.29, 0.717) is 4.96 Å². The number of hydrogen-bond acceptors (Lipinski definition) is 5. The Morgan fingerprint density at radius 3 is 3.00 bits per heavy atom. The molecule has 0 aliphatic heterocycles. The molecule has 8 heteroatoms. The average molecular weight is 241 g/mol. The molecular formula is C8H7N3O4S. The number of carboxylic acids is 1. The van der Waals surface area contributed by atoms with Crippen LogP contribution in [0.3, 0.4) is 0 Å². The number of hydrogen-bond donors (Lipinski definition) is 1. The highest BCUT2D eigenvalue weighted by molar-refractivity contribution is 7.15. The van der Waals surface area contributed by atoms with Gasteiger partial charge in [0.15, 0.2) is 5.69 Å². The van der Waals surface area contributed by atoms with Gasteiger partial charge in [-0.25, -0.2) is 0 Å². The average Bonchev–Trinajstić information content (AvgIpc) is 2.73. The van der Waals surface area contributed by atoms with Gasteiger partial charge in [-0.1, -0.05) is 11.3 Å². The van der Waals surface area contributed by atoms with Crippen molar-refractivity contribution in [3.05, 3.63) is 27.4 Å². The summed E-state index contributed by atoms with van der Waals surface area (Å²) in [4.78, 5) is 25.5. The van der Waals surface area contributed by atoms with E-state index in [9.17, 15) is 14.9 Å². The van der Waals surface area contributed by atoms with Gasteiger partial charge in [-0.15, -0.1) is 0 Å². The summed E-state index contributed by atoms with van der Waals surface area (Å²) in [6.07, 6.45) is 1.50. The van der Waals surface area contributed by atoms with Crippen LogP contribution in [0.2, 0.25) is 0 Å². The molecule has 0 bridgehead atoms. The number of rotatable bonds is 3. The van der Waals surface area contributed by atoms with E-state index < -0.39 is 16.8 Å². The molecule has 0 radical (unpaired) electrons. The van der Waals surface area contributed by atoms with Crippen LogP contribution in [0.15, 0.2) is 11.6 Å².